The van der Waals surface area contributed by atoms with E-state index in [1.54, 1.807) is 28.6 Å². The fourth-order valence-electron chi connectivity index (χ4n) is 4.71. The Morgan fingerprint density at radius 2 is 1.78 bits per heavy atom. The zero-order chi connectivity index (χ0) is 22.5. The number of sulfonamides is 1. The molecular formula is C24H30N4O2S2. The number of nitrogens with zero attached hydrogens (tertiary/aromatic N) is 4. The molecular weight excluding hydrogens is 440 g/mol. The molecule has 3 aromatic rings. The Labute approximate surface area is 194 Å². The second kappa shape index (κ2) is 8.39. The first-order valence-electron chi connectivity index (χ1n) is 11.5. The third-order valence-electron chi connectivity index (χ3n) is 6.59. The molecule has 1 saturated heterocycles. The Morgan fingerprint density at radius 1 is 1.06 bits per heavy atom. The van der Waals surface area contributed by atoms with Crippen molar-refractivity contribution >= 4 is 37.4 Å². The molecule has 0 saturated carbocycles. The molecule has 170 valence electrons. The Morgan fingerprint density at radius 3 is 2.47 bits per heavy atom. The second-order valence-electron chi connectivity index (χ2n) is 9.30. The van der Waals surface area contributed by atoms with Crippen LogP contribution in [0.4, 0.5) is 5.82 Å². The molecule has 1 aromatic carbocycles. The molecule has 0 bridgehead atoms. The van der Waals surface area contributed by atoms with Crippen molar-refractivity contribution in [2.45, 2.75) is 50.8 Å². The fourth-order valence-corrected chi connectivity index (χ4v) is 7.54. The van der Waals surface area contributed by atoms with Crippen LogP contribution in [-0.2, 0) is 22.9 Å². The summed E-state index contributed by atoms with van der Waals surface area (Å²) in [6, 6.07) is 8.72. The highest BCUT2D eigenvalue weighted by Gasteiger charge is 2.31. The smallest absolute Gasteiger partial charge is 0.243 e. The van der Waals surface area contributed by atoms with Crippen LogP contribution >= 0.6 is 11.3 Å². The number of hydrogen-bond acceptors (Lipinski definition) is 6. The molecule has 0 N–H and O–H groups in total. The van der Waals surface area contributed by atoms with E-state index in [0.717, 1.165) is 29.3 Å². The molecule has 8 heteroatoms. The van der Waals surface area contributed by atoms with Crippen LogP contribution in [0.2, 0.25) is 0 Å². The number of anilines is 1. The number of hydrogen-bond donors (Lipinski definition) is 0. The van der Waals surface area contributed by atoms with Gasteiger partial charge in [0.25, 0.3) is 0 Å². The van der Waals surface area contributed by atoms with Crippen LogP contribution in [0.5, 0.6) is 0 Å². The van der Waals surface area contributed by atoms with Gasteiger partial charge < -0.3 is 4.90 Å². The maximum Gasteiger partial charge on any atom is 0.243 e. The van der Waals surface area contributed by atoms with Crippen molar-refractivity contribution in [1.82, 2.24) is 14.3 Å². The number of aryl methyl sites for hydroxylation is 1. The zero-order valence-electron chi connectivity index (χ0n) is 18.9. The van der Waals surface area contributed by atoms with Gasteiger partial charge in [0.15, 0.2) is 0 Å². The summed E-state index contributed by atoms with van der Waals surface area (Å²) in [6.07, 6.45) is 3.40. The summed E-state index contributed by atoms with van der Waals surface area (Å²) in [4.78, 5) is 15.1. The molecule has 2 aromatic heterocycles. The maximum atomic E-state index is 13.1. The normalized spacial score (nSPS) is 20.1. The average molecular weight is 471 g/mol. The van der Waals surface area contributed by atoms with Gasteiger partial charge in [0, 0.05) is 37.0 Å². The quantitative estimate of drug-likeness (QED) is 0.564. The lowest BCUT2D eigenvalue weighted by atomic mass is 9.89. The van der Waals surface area contributed by atoms with E-state index in [-0.39, 0.29) is 5.92 Å². The standard InChI is InChI=1S/C24H30N4O2S2/c1-16(2)22-25-23(21-19-10-9-17(3)15-20(19)31-24(21)26-22)27-11-13-28(14-12-27)32(29,30)18-7-5-4-6-8-18/h4-8,16-17H,9-15H2,1-3H3/t17-/m0/s1. The number of thiophene rings is 1. The highest BCUT2D eigenvalue weighted by atomic mass is 32.2. The van der Waals surface area contributed by atoms with E-state index in [2.05, 4.69) is 25.7 Å². The van der Waals surface area contributed by atoms with Gasteiger partial charge in [-0.2, -0.15) is 4.31 Å². The Bertz CT molecular complexity index is 1230. The molecule has 1 fully saturated rings. The van der Waals surface area contributed by atoms with Gasteiger partial charge in [-0.15, -0.1) is 11.3 Å². The zero-order valence-corrected chi connectivity index (χ0v) is 20.5. The molecule has 1 aliphatic heterocycles. The Kier molecular flexibility index (Phi) is 5.72. The molecule has 3 heterocycles. The monoisotopic (exact) mass is 470 g/mol. The van der Waals surface area contributed by atoms with Crippen molar-refractivity contribution in [2.24, 2.45) is 5.92 Å². The highest BCUT2D eigenvalue weighted by molar-refractivity contribution is 7.89. The molecule has 0 amide bonds. The second-order valence-corrected chi connectivity index (χ2v) is 12.3. The third-order valence-corrected chi connectivity index (χ3v) is 9.65. The van der Waals surface area contributed by atoms with Gasteiger partial charge in [0.05, 0.1) is 10.3 Å². The predicted octanol–water partition coefficient (Wildman–Crippen LogP) is 4.45. The number of piperazine rings is 1. The largest absolute Gasteiger partial charge is 0.353 e. The third kappa shape index (κ3) is 3.82. The Hall–Kier alpha value is -2.03. The van der Waals surface area contributed by atoms with Crippen LogP contribution in [-0.4, -0.2) is 48.9 Å². The minimum absolute atomic E-state index is 0.246. The molecule has 1 atom stereocenters. The lowest BCUT2D eigenvalue weighted by Crippen LogP contribution is -2.49. The lowest BCUT2D eigenvalue weighted by Gasteiger charge is -2.35. The van der Waals surface area contributed by atoms with Crippen LogP contribution in [0, 0.1) is 5.92 Å². The van der Waals surface area contributed by atoms with Crippen molar-refractivity contribution in [3.8, 4) is 0 Å². The van der Waals surface area contributed by atoms with E-state index in [9.17, 15) is 8.42 Å². The number of benzene rings is 1. The summed E-state index contributed by atoms with van der Waals surface area (Å²) < 4.78 is 27.7. The van der Waals surface area contributed by atoms with Crippen molar-refractivity contribution in [3.05, 3.63) is 46.6 Å². The first-order valence-corrected chi connectivity index (χ1v) is 13.7. The first-order chi connectivity index (χ1) is 15.3. The minimum Gasteiger partial charge on any atom is -0.353 e. The molecule has 0 radical (unpaired) electrons. The van der Waals surface area contributed by atoms with Gasteiger partial charge in [-0.1, -0.05) is 39.0 Å². The molecule has 0 spiro atoms. The number of aromatic nitrogens is 2. The van der Waals surface area contributed by atoms with Gasteiger partial charge in [-0.25, -0.2) is 18.4 Å². The average Bonchev–Trinajstić information content (AvgIpc) is 3.16. The van der Waals surface area contributed by atoms with Gasteiger partial charge in [-0.05, 0) is 42.9 Å². The van der Waals surface area contributed by atoms with E-state index in [4.69, 9.17) is 9.97 Å². The van der Waals surface area contributed by atoms with E-state index in [0.29, 0.717) is 37.0 Å². The van der Waals surface area contributed by atoms with Crippen molar-refractivity contribution in [3.63, 3.8) is 0 Å². The summed E-state index contributed by atoms with van der Waals surface area (Å²) in [5, 5.41) is 1.21. The number of rotatable bonds is 4. The van der Waals surface area contributed by atoms with Crippen molar-refractivity contribution in [1.29, 1.82) is 0 Å². The van der Waals surface area contributed by atoms with E-state index in [1.807, 2.05) is 17.4 Å². The SMILES string of the molecule is CC(C)c1nc(N2CCN(S(=O)(=O)c3ccccc3)CC2)c2c3c(sc2n1)C[C@@H](C)CC3. The molecule has 1 aliphatic carbocycles. The highest BCUT2D eigenvalue weighted by Crippen LogP contribution is 2.41. The van der Waals surface area contributed by atoms with Crippen LogP contribution in [0.3, 0.4) is 0 Å². The number of fused-ring (bicyclic) bond motifs is 3. The van der Waals surface area contributed by atoms with E-state index in [1.165, 1.54) is 22.2 Å². The fraction of sp³-hybridized carbons (Fsp3) is 0.500. The van der Waals surface area contributed by atoms with Gasteiger partial charge in [0.2, 0.25) is 10.0 Å². The summed E-state index contributed by atoms with van der Waals surface area (Å²) in [6.45, 7) is 8.78. The van der Waals surface area contributed by atoms with Gasteiger partial charge in [0.1, 0.15) is 16.5 Å². The molecule has 5 rings (SSSR count). The summed E-state index contributed by atoms with van der Waals surface area (Å²) in [5.41, 5.74) is 1.42. The minimum atomic E-state index is -3.47. The molecule has 0 unspecified atom stereocenters. The first kappa shape index (κ1) is 21.8. The maximum absolute atomic E-state index is 13.1. The van der Waals surface area contributed by atoms with Gasteiger partial charge >= 0.3 is 0 Å². The lowest BCUT2D eigenvalue weighted by molar-refractivity contribution is 0.384. The summed E-state index contributed by atoms with van der Waals surface area (Å²) in [7, 11) is -3.47. The van der Waals surface area contributed by atoms with Crippen molar-refractivity contribution < 1.29 is 8.42 Å². The summed E-state index contributed by atoms with van der Waals surface area (Å²) >= 11 is 1.83. The van der Waals surface area contributed by atoms with E-state index < -0.39 is 10.0 Å². The van der Waals surface area contributed by atoms with Crippen LogP contribution in [0.1, 0.15) is 49.4 Å². The van der Waals surface area contributed by atoms with Crippen LogP contribution < -0.4 is 4.90 Å². The van der Waals surface area contributed by atoms with Gasteiger partial charge in [-0.3, -0.25) is 0 Å². The van der Waals surface area contributed by atoms with Crippen molar-refractivity contribution in [2.75, 3.05) is 31.1 Å². The topological polar surface area (TPSA) is 66.4 Å². The summed E-state index contributed by atoms with van der Waals surface area (Å²) in [5.74, 6) is 2.83. The predicted molar refractivity (Wildman–Crippen MR) is 130 cm³/mol. The Balaban J connectivity index is 1.48. The molecule has 32 heavy (non-hydrogen) atoms. The van der Waals surface area contributed by atoms with E-state index >= 15 is 0 Å². The molecule has 6 nitrogen and oxygen atoms in total. The van der Waals surface area contributed by atoms with Crippen LogP contribution in [0.15, 0.2) is 35.2 Å². The molecule has 2 aliphatic rings. The van der Waals surface area contributed by atoms with Crippen LogP contribution in [0.25, 0.3) is 10.2 Å².